The van der Waals surface area contributed by atoms with E-state index >= 15 is 0 Å². The first kappa shape index (κ1) is 15.7. The van der Waals surface area contributed by atoms with Crippen LogP contribution in [0.5, 0.6) is 0 Å². The summed E-state index contributed by atoms with van der Waals surface area (Å²) in [5, 5.41) is 0. The van der Waals surface area contributed by atoms with Crippen molar-refractivity contribution in [2.75, 3.05) is 24.5 Å². The zero-order valence-electron chi connectivity index (χ0n) is 14.0. The smallest absolute Gasteiger partial charge is 0.257 e. The normalized spacial score (nSPS) is 18.5. The van der Waals surface area contributed by atoms with Crippen LogP contribution in [0, 0.1) is 6.07 Å². The van der Waals surface area contributed by atoms with Crippen LogP contribution >= 0.6 is 0 Å². The van der Waals surface area contributed by atoms with E-state index in [4.69, 9.17) is 4.42 Å². The van der Waals surface area contributed by atoms with E-state index in [1.807, 2.05) is 11.0 Å². The van der Waals surface area contributed by atoms with Crippen molar-refractivity contribution in [3.8, 4) is 0 Å². The summed E-state index contributed by atoms with van der Waals surface area (Å²) >= 11 is 0. The zero-order chi connectivity index (χ0) is 16.4. The first-order valence-corrected chi connectivity index (χ1v) is 8.15. The fraction of sp³-hybridized carbons (Fsp3) is 0.421. The first-order valence-electron chi connectivity index (χ1n) is 8.15. The minimum absolute atomic E-state index is 0.0494. The van der Waals surface area contributed by atoms with Crippen molar-refractivity contribution in [3.05, 3.63) is 54.0 Å². The van der Waals surface area contributed by atoms with Crippen LogP contribution in [0.25, 0.3) is 0 Å². The summed E-state index contributed by atoms with van der Waals surface area (Å²) in [5.41, 5.74) is 3.12. The predicted octanol–water partition coefficient (Wildman–Crippen LogP) is 3.55. The molecule has 0 spiro atoms. The standard InChI is InChI=1S/C19H23N2O2/c1-14(2)16-5-4-6-18(11-16)20-8-9-21(15(3)12-20)19(22)17-7-10-23-13-17/h5-7,10-11,13-15H,8-9,12H2,1-3H3. The quantitative estimate of drug-likeness (QED) is 0.870. The second-order valence-electron chi connectivity index (χ2n) is 6.48. The zero-order valence-corrected chi connectivity index (χ0v) is 14.0. The van der Waals surface area contributed by atoms with Gasteiger partial charge < -0.3 is 14.2 Å². The van der Waals surface area contributed by atoms with Crippen molar-refractivity contribution < 1.29 is 9.21 Å². The van der Waals surface area contributed by atoms with Gasteiger partial charge in [0, 0.05) is 31.4 Å². The lowest BCUT2D eigenvalue weighted by Gasteiger charge is -2.41. The molecule has 1 atom stereocenters. The highest BCUT2D eigenvalue weighted by Crippen LogP contribution is 2.24. The molecule has 2 aromatic rings. The Morgan fingerprint density at radius 1 is 1.35 bits per heavy atom. The predicted molar refractivity (Wildman–Crippen MR) is 90.8 cm³/mol. The van der Waals surface area contributed by atoms with Crippen molar-refractivity contribution in [3.63, 3.8) is 0 Å². The number of amides is 1. The Morgan fingerprint density at radius 2 is 2.17 bits per heavy atom. The van der Waals surface area contributed by atoms with E-state index in [1.54, 1.807) is 12.3 Å². The summed E-state index contributed by atoms with van der Waals surface area (Å²) in [7, 11) is 0. The molecule has 1 aromatic carbocycles. The fourth-order valence-electron chi connectivity index (χ4n) is 3.04. The van der Waals surface area contributed by atoms with Crippen LogP contribution < -0.4 is 4.90 Å². The number of rotatable bonds is 3. The molecule has 3 rings (SSSR count). The Kier molecular flexibility index (Phi) is 4.42. The van der Waals surface area contributed by atoms with Gasteiger partial charge in [-0.25, -0.2) is 0 Å². The minimum atomic E-state index is 0.0494. The summed E-state index contributed by atoms with van der Waals surface area (Å²) in [6.45, 7) is 8.87. The maximum atomic E-state index is 12.5. The molecule has 121 valence electrons. The van der Waals surface area contributed by atoms with E-state index in [0.717, 1.165) is 19.6 Å². The van der Waals surface area contributed by atoms with E-state index in [2.05, 4.69) is 43.9 Å². The second-order valence-corrected chi connectivity index (χ2v) is 6.48. The molecule has 4 heteroatoms. The molecule has 0 bridgehead atoms. The van der Waals surface area contributed by atoms with Gasteiger partial charge in [0.05, 0.1) is 11.8 Å². The summed E-state index contributed by atoms with van der Waals surface area (Å²) < 4.78 is 5.03. The Bertz CT molecular complexity index is 664. The van der Waals surface area contributed by atoms with Gasteiger partial charge in [0.15, 0.2) is 0 Å². The molecule has 1 unspecified atom stereocenters. The van der Waals surface area contributed by atoms with Gasteiger partial charge in [-0.3, -0.25) is 4.79 Å². The highest BCUT2D eigenvalue weighted by Gasteiger charge is 2.28. The van der Waals surface area contributed by atoms with Crippen LogP contribution in [0.4, 0.5) is 5.69 Å². The molecular weight excluding hydrogens is 288 g/mol. The van der Waals surface area contributed by atoms with Gasteiger partial charge in [-0.1, -0.05) is 19.9 Å². The highest BCUT2D eigenvalue weighted by atomic mass is 16.3. The molecule has 0 N–H and O–H groups in total. The molecule has 1 aromatic heterocycles. The molecule has 1 fully saturated rings. The number of hydrogen-bond donors (Lipinski definition) is 0. The molecule has 0 aliphatic carbocycles. The number of carbonyl (C=O) groups is 1. The number of furan rings is 1. The number of carbonyl (C=O) groups excluding carboxylic acids is 1. The average molecular weight is 311 g/mol. The summed E-state index contributed by atoms with van der Waals surface area (Å²) in [5.74, 6) is 0.543. The number of benzene rings is 1. The van der Waals surface area contributed by atoms with E-state index in [0.29, 0.717) is 11.5 Å². The van der Waals surface area contributed by atoms with Gasteiger partial charge in [-0.2, -0.15) is 0 Å². The van der Waals surface area contributed by atoms with Crippen LogP contribution in [0.1, 0.15) is 42.6 Å². The molecule has 1 amide bonds. The van der Waals surface area contributed by atoms with Crippen molar-refractivity contribution in [2.45, 2.75) is 32.7 Å². The SMILES string of the molecule is CC(C)c1c[c]cc(N2CCN(C(=O)c3ccoc3)C(C)C2)c1. The molecule has 2 heterocycles. The lowest BCUT2D eigenvalue weighted by atomic mass is 10.0. The fourth-order valence-corrected chi connectivity index (χ4v) is 3.04. The Balaban J connectivity index is 1.71. The summed E-state index contributed by atoms with van der Waals surface area (Å²) in [6, 6.07) is 11.5. The molecule has 4 nitrogen and oxygen atoms in total. The summed E-state index contributed by atoms with van der Waals surface area (Å²) in [4.78, 5) is 16.8. The van der Waals surface area contributed by atoms with Crippen molar-refractivity contribution in [1.82, 2.24) is 4.90 Å². The second kappa shape index (κ2) is 6.49. The van der Waals surface area contributed by atoms with E-state index in [9.17, 15) is 4.79 Å². The molecular formula is C19H23N2O2. The maximum absolute atomic E-state index is 12.5. The Morgan fingerprint density at radius 3 is 2.83 bits per heavy atom. The van der Waals surface area contributed by atoms with Gasteiger partial charge in [0.2, 0.25) is 0 Å². The van der Waals surface area contributed by atoms with Crippen LogP contribution in [-0.2, 0) is 0 Å². The third kappa shape index (κ3) is 3.26. The Labute approximate surface area is 137 Å². The van der Waals surface area contributed by atoms with E-state index in [1.165, 1.54) is 17.5 Å². The molecule has 23 heavy (non-hydrogen) atoms. The third-order valence-corrected chi connectivity index (χ3v) is 4.48. The lowest BCUT2D eigenvalue weighted by molar-refractivity contribution is 0.0673. The Hall–Kier alpha value is -2.23. The van der Waals surface area contributed by atoms with Crippen LogP contribution in [0.15, 0.2) is 41.2 Å². The van der Waals surface area contributed by atoms with Gasteiger partial charge in [-0.15, -0.1) is 0 Å². The van der Waals surface area contributed by atoms with E-state index < -0.39 is 0 Å². The van der Waals surface area contributed by atoms with Crippen LogP contribution in [0.3, 0.4) is 0 Å². The first-order chi connectivity index (χ1) is 11.1. The van der Waals surface area contributed by atoms with Crippen LogP contribution in [-0.4, -0.2) is 36.5 Å². The molecule has 1 aliphatic rings. The highest BCUT2D eigenvalue weighted by molar-refractivity contribution is 5.94. The molecule has 1 radical (unpaired) electrons. The number of hydrogen-bond acceptors (Lipinski definition) is 3. The minimum Gasteiger partial charge on any atom is -0.472 e. The van der Waals surface area contributed by atoms with E-state index in [-0.39, 0.29) is 11.9 Å². The molecule has 1 aliphatic heterocycles. The largest absolute Gasteiger partial charge is 0.472 e. The molecule has 1 saturated heterocycles. The molecule has 0 saturated carbocycles. The topological polar surface area (TPSA) is 36.7 Å². The number of anilines is 1. The summed E-state index contributed by atoms with van der Waals surface area (Å²) in [6.07, 6.45) is 3.06. The van der Waals surface area contributed by atoms with Crippen molar-refractivity contribution >= 4 is 11.6 Å². The average Bonchev–Trinajstić information content (AvgIpc) is 3.08. The number of piperazine rings is 1. The van der Waals surface area contributed by atoms with Gasteiger partial charge in [0.25, 0.3) is 5.91 Å². The van der Waals surface area contributed by atoms with Crippen LogP contribution in [0.2, 0.25) is 0 Å². The maximum Gasteiger partial charge on any atom is 0.257 e. The lowest BCUT2D eigenvalue weighted by Crippen LogP contribution is -2.54. The van der Waals surface area contributed by atoms with Gasteiger partial charge >= 0.3 is 0 Å². The monoisotopic (exact) mass is 311 g/mol. The van der Waals surface area contributed by atoms with Gasteiger partial charge in [0.1, 0.15) is 6.26 Å². The van der Waals surface area contributed by atoms with Gasteiger partial charge in [-0.05, 0) is 42.7 Å². The third-order valence-electron chi connectivity index (χ3n) is 4.48. The van der Waals surface area contributed by atoms with Crippen molar-refractivity contribution in [2.24, 2.45) is 0 Å². The van der Waals surface area contributed by atoms with Crippen molar-refractivity contribution in [1.29, 1.82) is 0 Å². The number of nitrogens with zero attached hydrogens (tertiary/aromatic N) is 2.